The molecule has 98 valence electrons. The van der Waals surface area contributed by atoms with Crippen LogP contribution in [0.4, 0.5) is 5.82 Å². The lowest BCUT2D eigenvalue weighted by atomic mass is 10.1. The summed E-state index contributed by atoms with van der Waals surface area (Å²) in [6.07, 6.45) is 4.27. The molecule has 1 fully saturated rings. The molecule has 2 heterocycles. The Morgan fingerprint density at radius 3 is 2.79 bits per heavy atom. The van der Waals surface area contributed by atoms with Crippen LogP contribution in [0.1, 0.15) is 35.7 Å². The number of aryl methyl sites for hydroxylation is 1. The number of aromatic nitrogens is 1. The predicted molar refractivity (Wildman–Crippen MR) is 78.0 cm³/mol. The van der Waals surface area contributed by atoms with E-state index >= 15 is 0 Å². The van der Waals surface area contributed by atoms with Crippen molar-refractivity contribution in [3.63, 3.8) is 0 Å². The van der Waals surface area contributed by atoms with Crippen molar-refractivity contribution in [2.45, 2.75) is 26.2 Å². The Balaban J connectivity index is 2.21. The smallest absolute Gasteiger partial charge is 0.153 e. The van der Waals surface area contributed by atoms with E-state index < -0.39 is 0 Å². The summed E-state index contributed by atoms with van der Waals surface area (Å²) in [5, 5.41) is 1.06. The number of carbonyl (C=O) groups is 1. The van der Waals surface area contributed by atoms with E-state index in [2.05, 4.69) is 17.9 Å². The van der Waals surface area contributed by atoms with Gasteiger partial charge in [-0.3, -0.25) is 4.79 Å². The van der Waals surface area contributed by atoms with E-state index in [1.54, 1.807) is 0 Å². The van der Waals surface area contributed by atoms with Crippen LogP contribution >= 0.6 is 0 Å². The van der Waals surface area contributed by atoms with E-state index in [1.165, 1.54) is 18.4 Å². The van der Waals surface area contributed by atoms with E-state index in [4.69, 9.17) is 4.98 Å². The van der Waals surface area contributed by atoms with E-state index in [0.29, 0.717) is 5.56 Å². The molecule has 0 amide bonds. The molecule has 19 heavy (non-hydrogen) atoms. The van der Waals surface area contributed by atoms with Gasteiger partial charge in [-0.2, -0.15) is 0 Å². The molecule has 0 unspecified atom stereocenters. The van der Waals surface area contributed by atoms with E-state index in [1.807, 2.05) is 18.2 Å². The number of carbonyl (C=O) groups excluding carboxylic acids is 1. The minimum atomic E-state index is 0.711. The van der Waals surface area contributed by atoms with Crippen LogP contribution in [-0.4, -0.2) is 24.4 Å². The number of benzene rings is 1. The quantitative estimate of drug-likeness (QED) is 0.789. The minimum absolute atomic E-state index is 0.711. The highest BCUT2D eigenvalue weighted by Gasteiger charge is 2.18. The molecule has 2 aromatic rings. The van der Waals surface area contributed by atoms with Crippen LogP contribution in [0.25, 0.3) is 10.9 Å². The normalized spacial score (nSPS) is 15.1. The van der Waals surface area contributed by atoms with Gasteiger partial charge in [0.05, 0.1) is 11.1 Å². The molecule has 0 aliphatic carbocycles. The van der Waals surface area contributed by atoms with Crippen molar-refractivity contribution in [2.24, 2.45) is 0 Å². The SMILES string of the molecule is CCc1cccc2cc(C=O)c(N3CCCC3)nc12. The molecule has 3 rings (SSSR count). The highest BCUT2D eigenvalue weighted by atomic mass is 16.1. The van der Waals surface area contributed by atoms with Crippen LogP contribution in [0, 0.1) is 0 Å². The fraction of sp³-hybridized carbons (Fsp3) is 0.375. The number of fused-ring (bicyclic) bond motifs is 1. The second-order valence-electron chi connectivity index (χ2n) is 5.06. The molecule has 3 nitrogen and oxygen atoms in total. The fourth-order valence-corrected chi connectivity index (χ4v) is 2.82. The first kappa shape index (κ1) is 12.2. The van der Waals surface area contributed by atoms with Gasteiger partial charge in [0.25, 0.3) is 0 Å². The second-order valence-corrected chi connectivity index (χ2v) is 5.06. The Morgan fingerprint density at radius 1 is 1.32 bits per heavy atom. The standard InChI is InChI=1S/C16H18N2O/c1-2-12-6-5-7-13-10-14(11-19)16(17-15(12)13)18-8-3-4-9-18/h5-7,10-11H,2-4,8-9H2,1H3. The average molecular weight is 254 g/mol. The van der Waals surface area contributed by atoms with Gasteiger partial charge in [0.15, 0.2) is 6.29 Å². The fourth-order valence-electron chi connectivity index (χ4n) is 2.82. The molecule has 0 spiro atoms. The highest BCUT2D eigenvalue weighted by Crippen LogP contribution is 2.27. The molecular weight excluding hydrogens is 236 g/mol. The third kappa shape index (κ3) is 2.09. The maximum absolute atomic E-state index is 11.3. The van der Waals surface area contributed by atoms with E-state index in [0.717, 1.165) is 42.5 Å². The van der Waals surface area contributed by atoms with Crippen LogP contribution in [0.5, 0.6) is 0 Å². The molecule has 1 aliphatic rings. The molecule has 0 bridgehead atoms. The second kappa shape index (κ2) is 5.00. The Kier molecular flexibility index (Phi) is 3.20. The van der Waals surface area contributed by atoms with E-state index in [-0.39, 0.29) is 0 Å². The monoisotopic (exact) mass is 254 g/mol. The molecule has 0 N–H and O–H groups in total. The Hall–Kier alpha value is -1.90. The number of aldehydes is 1. The first-order valence-corrected chi connectivity index (χ1v) is 6.96. The summed E-state index contributed by atoms with van der Waals surface area (Å²) < 4.78 is 0. The maximum Gasteiger partial charge on any atom is 0.153 e. The van der Waals surface area contributed by atoms with Crippen molar-refractivity contribution in [1.82, 2.24) is 4.98 Å². The molecule has 0 atom stereocenters. The summed E-state index contributed by atoms with van der Waals surface area (Å²) in [7, 11) is 0. The third-order valence-electron chi connectivity index (χ3n) is 3.85. The average Bonchev–Trinajstić information content (AvgIpc) is 2.99. The van der Waals surface area contributed by atoms with Gasteiger partial charge in [-0.25, -0.2) is 4.98 Å². The Bertz CT molecular complexity index is 615. The van der Waals surface area contributed by atoms with Crippen molar-refractivity contribution < 1.29 is 4.79 Å². The Morgan fingerprint density at radius 2 is 2.11 bits per heavy atom. The van der Waals surface area contributed by atoms with Gasteiger partial charge in [0.1, 0.15) is 5.82 Å². The van der Waals surface area contributed by atoms with Crippen molar-refractivity contribution >= 4 is 23.0 Å². The van der Waals surface area contributed by atoms with Gasteiger partial charge in [0.2, 0.25) is 0 Å². The Labute approximate surface area is 113 Å². The molecule has 1 saturated heterocycles. The zero-order valence-electron chi connectivity index (χ0n) is 11.2. The third-order valence-corrected chi connectivity index (χ3v) is 3.85. The predicted octanol–water partition coefficient (Wildman–Crippen LogP) is 3.21. The first-order chi connectivity index (χ1) is 9.33. The molecular formula is C16H18N2O. The number of hydrogen-bond donors (Lipinski definition) is 0. The van der Waals surface area contributed by atoms with Crippen LogP contribution in [0.3, 0.4) is 0 Å². The van der Waals surface area contributed by atoms with Gasteiger partial charge in [0, 0.05) is 18.5 Å². The number of nitrogens with zero attached hydrogens (tertiary/aromatic N) is 2. The molecule has 0 radical (unpaired) electrons. The molecule has 0 saturated carbocycles. The van der Waals surface area contributed by atoms with Gasteiger partial charge >= 0.3 is 0 Å². The summed E-state index contributed by atoms with van der Waals surface area (Å²) in [6.45, 7) is 4.15. The number of pyridine rings is 1. The number of anilines is 1. The van der Waals surface area contributed by atoms with Gasteiger partial charge in [-0.1, -0.05) is 25.1 Å². The van der Waals surface area contributed by atoms with Crippen molar-refractivity contribution in [3.8, 4) is 0 Å². The summed E-state index contributed by atoms with van der Waals surface area (Å²) in [5.41, 5.74) is 3.00. The molecule has 1 aromatic carbocycles. The first-order valence-electron chi connectivity index (χ1n) is 6.96. The lowest BCUT2D eigenvalue weighted by Crippen LogP contribution is -2.20. The number of para-hydroxylation sites is 1. The summed E-state index contributed by atoms with van der Waals surface area (Å²) in [5.74, 6) is 0.862. The van der Waals surface area contributed by atoms with Crippen molar-refractivity contribution in [1.29, 1.82) is 0 Å². The van der Waals surface area contributed by atoms with Crippen LogP contribution in [-0.2, 0) is 6.42 Å². The molecule has 1 aliphatic heterocycles. The lowest BCUT2D eigenvalue weighted by molar-refractivity contribution is 0.112. The largest absolute Gasteiger partial charge is 0.356 e. The van der Waals surface area contributed by atoms with Crippen molar-refractivity contribution in [2.75, 3.05) is 18.0 Å². The summed E-state index contributed by atoms with van der Waals surface area (Å²) >= 11 is 0. The van der Waals surface area contributed by atoms with Crippen molar-refractivity contribution in [3.05, 3.63) is 35.4 Å². The topological polar surface area (TPSA) is 33.2 Å². The van der Waals surface area contributed by atoms with Crippen LogP contribution in [0.15, 0.2) is 24.3 Å². The van der Waals surface area contributed by atoms with Gasteiger partial charge in [-0.15, -0.1) is 0 Å². The van der Waals surface area contributed by atoms with E-state index in [9.17, 15) is 4.79 Å². The summed E-state index contributed by atoms with van der Waals surface area (Å²) in [6, 6.07) is 8.15. The summed E-state index contributed by atoms with van der Waals surface area (Å²) in [4.78, 5) is 18.3. The molecule has 1 aromatic heterocycles. The zero-order chi connectivity index (χ0) is 13.2. The van der Waals surface area contributed by atoms with Gasteiger partial charge in [-0.05, 0) is 30.9 Å². The molecule has 3 heteroatoms. The number of rotatable bonds is 3. The van der Waals surface area contributed by atoms with Crippen LogP contribution < -0.4 is 4.90 Å². The lowest BCUT2D eigenvalue weighted by Gasteiger charge is -2.19. The minimum Gasteiger partial charge on any atom is -0.356 e. The number of hydrogen-bond acceptors (Lipinski definition) is 3. The van der Waals surface area contributed by atoms with Gasteiger partial charge < -0.3 is 4.90 Å². The van der Waals surface area contributed by atoms with Crippen LogP contribution in [0.2, 0.25) is 0 Å². The maximum atomic E-state index is 11.3. The highest BCUT2D eigenvalue weighted by molar-refractivity contribution is 5.93. The zero-order valence-corrected chi connectivity index (χ0v) is 11.2.